The number of benzene rings is 2. The first kappa shape index (κ1) is 22.2. The number of hydrogen-bond donors (Lipinski definition) is 0. The highest BCUT2D eigenvalue weighted by Crippen LogP contribution is 2.29. The van der Waals surface area contributed by atoms with Gasteiger partial charge in [-0.15, -0.1) is 11.8 Å². The first-order valence-electron chi connectivity index (χ1n) is 9.74. The molecule has 1 aromatic heterocycles. The van der Waals surface area contributed by atoms with Crippen LogP contribution in [0.5, 0.6) is 11.5 Å². The van der Waals surface area contributed by atoms with Gasteiger partial charge in [-0.05, 0) is 42.2 Å². The number of thioether (sulfide) groups is 1. The van der Waals surface area contributed by atoms with E-state index in [-0.39, 0.29) is 5.56 Å². The zero-order chi connectivity index (χ0) is 21.5. The lowest BCUT2D eigenvalue weighted by Crippen LogP contribution is -2.20. The van der Waals surface area contributed by atoms with E-state index in [1.165, 1.54) is 17.3 Å². The van der Waals surface area contributed by atoms with Crippen molar-refractivity contribution in [2.45, 2.75) is 25.3 Å². The monoisotopic (exact) mass is 444 g/mol. The van der Waals surface area contributed by atoms with Crippen LogP contribution in [-0.4, -0.2) is 29.0 Å². The van der Waals surface area contributed by atoms with Crippen molar-refractivity contribution in [2.75, 3.05) is 19.5 Å². The minimum Gasteiger partial charge on any atom is -0.493 e. The summed E-state index contributed by atoms with van der Waals surface area (Å²) in [4.78, 5) is 17.2. The van der Waals surface area contributed by atoms with Gasteiger partial charge < -0.3 is 9.47 Å². The van der Waals surface area contributed by atoms with Crippen LogP contribution < -0.4 is 15.0 Å². The SMILES string of the molecule is COc1cc(-n2ccnc(SCCc3ccc(Cl)cc3)c2=O)ccc1OCC(C)C. The van der Waals surface area contributed by atoms with Crippen molar-refractivity contribution in [3.05, 3.63) is 75.8 Å². The van der Waals surface area contributed by atoms with Crippen LogP contribution in [0.4, 0.5) is 0 Å². The molecule has 3 aromatic rings. The van der Waals surface area contributed by atoms with Crippen molar-refractivity contribution in [3.63, 3.8) is 0 Å². The molecule has 0 aliphatic carbocycles. The zero-order valence-corrected chi connectivity index (χ0v) is 18.9. The van der Waals surface area contributed by atoms with Crippen LogP contribution >= 0.6 is 23.4 Å². The number of nitrogens with zero attached hydrogens (tertiary/aromatic N) is 2. The van der Waals surface area contributed by atoms with E-state index in [4.69, 9.17) is 21.1 Å². The summed E-state index contributed by atoms with van der Waals surface area (Å²) >= 11 is 7.37. The number of ether oxygens (including phenoxy) is 2. The smallest absolute Gasteiger partial charge is 0.287 e. The van der Waals surface area contributed by atoms with Gasteiger partial charge in [0.15, 0.2) is 16.5 Å². The van der Waals surface area contributed by atoms with Crippen LogP contribution in [0.2, 0.25) is 5.02 Å². The number of aromatic nitrogens is 2. The van der Waals surface area contributed by atoms with E-state index in [0.29, 0.717) is 34.7 Å². The molecule has 0 amide bonds. The second-order valence-electron chi connectivity index (χ2n) is 7.17. The zero-order valence-electron chi connectivity index (χ0n) is 17.3. The minimum absolute atomic E-state index is 0.156. The molecule has 2 aromatic carbocycles. The Hall–Kier alpha value is -2.44. The number of hydrogen-bond acceptors (Lipinski definition) is 5. The van der Waals surface area contributed by atoms with Gasteiger partial charge in [0.1, 0.15) is 0 Å². The fourth-order valence-electron chi connectivity index (χ4n) is 2.79. The lowest BCUT2D eigenvalue weighted by Gasteiger charge is -2.14. The second-order valence-corrected chi connectivity index (χ2v) is 8.69. The molecule has 7 heteroatoms. The molecular weight excluding hydrogens is 420 g/mol. The number of halogens is 1. The van der Waals surface area contributed by atoms with Gasteiger partial charge >= 0.3 is 0 Å². The molecule has 158 valence electrons. The maximum atomic E-state index is 12.9. The number of aryl methyl sites for hydroxylation is 1. The van der Waals surface area contributed by atoms with Crippen LogP contribution in [0.15, 0.2) is 64.7 Å². The highest BCUT2D eigenvalue weighted by atomic mass is 35.5. The Labute approximate surface area is 186 Å². The van der Waals surface area contributed by atoms with Crippen LogP contribution in [0.3, 0.4) is 0 Å². The summed E-state index contributed by atoms with van der Waals surface area (Å²) in [6.45, 7) is 4.77. The average molecular weight is 445 g/mol. The maximum absolute atomic E-state index is 12.9. The molecule has 0 spiro atoms. The van der Waals surface area contributed by atoms with Gasteiger partial charge in [0.25, 0.3) is 5.56 Å². The lowest BCUT2D eigenvalue weighted by atomic mass is 10.2. The van der Waals surface area contributed by atoms with E-state index < -0.39 is 0 Å². The van der Waals surface area contributed by atoms with Gasteiger partial charge in [-0.3, -0.25) is 9.36 Å². The van der Waals surface area contributed by atoms with Gasteiger partial charge in [-0.2, -0.15) is 0 Å². The van der Waals surface area contributed by atoms with Crippen LogP contribution in [0, 0.1) is 5.92 Å². The predicted octanol–water partition coefficient (Wildman–Crippen LogP) is 5.26. The normalized spacial score (nSPS) is 11.0. The van der Waals surface area contributed by atoms with E-state index in [0.717, 1.165) is 17.2 Å². The quantitative estimate of drug-likeness (QED) is 0.421. The fraction of sp³-hybridized carbons (Fsp3) is 0.304. The predicted molar refractivity (Wildman–Crippen MR) is 123 cm³/mol. The summed E-state index contributed by atoms with van der Waals surface area (Å²) in [7, 11) is 1.59. The minimum atomic E-state index is -0.156. The third-order valence-electron chi connectivity index (χ3n) is 4.35. The Morgan fingerprint density at radius 1 is 1.13 bits per heavy atom. The molecule has 0 aliphatic heterocycles. The topological polar surface area (TPSA) is 53.4 Å². The maximum Gasteiger partial charge on any atom is 0.287 e. The molecule has 0 saturated heterocycles. The first-order chi connectivity index (χ1) is 14.5. The molecule has 0 bridgehead atoms. The molecule has 0 saturated carbocycles. The van der Waals surface area contributed by atoms with Crippen molar-refractivity contribution in [1.82, 2.24) is 9.55 Å². The Morgan fingerprint density at radius 3 is 2.60 bits per heavy atom. The second kappa shape index (κ2) is 10.5. The Balaban J connectivity index is 1.75. The average Bonchev–Trinajstić information content (AvgIpc) is 2.74. The molecule has 0 atom stereocenters. The van der Waals surface area contributed by atoms with Crippen molar-refractivity contribution in [1.29, 1.82) is 0 Å². The van der Waals surface area contributed by atoms with Gasteiger partial charge in [0, 0.05) is 29.2 Å². The van der Waals surface area contributed by atoms with Crippen molar-refractivity contribution in [3.8, 4) is 17.2 Å². The van der Waals surface area contributed by atoms with E-state index >= 15 is 0 Å². The number of rotatable bonds is 9. The van der Waals surface area contributed by atoms with Crippen LogP contribution in [0.25, 0.3) is 5.69 Å². The van der Waals surface area contributed by atoms with Gasteiger partial charge in [0.05, 0.1) is 19.4 Å². The molecule has 0 radical (unpaired) electrons. The van der Waals surface area contributed by atoms with Crippen molar-refractivity contribution >= 4 is 23.4 Å². The molecule has 0 N–H and O–H groups in total. The molecule has 3 rings (SSSR count). The van der Waals surface area contributed by atoms with Crippen molar-refractivity contribution in [2.24, 2.45) is 5.92 Å². The van der Waals surface area contributed by atoms with Gasteiger partial charge in [0.2, 0.25) is 0 Å². The molecule has 0 unspecified atom stereocenters. The Morgan fingerprint density at radius 2 is 1.90 bits per heavy atom. The van der Waals surface area contributed by atoms with E-state index in [1.54, 1.807) is 30.1 Å². The highest BCUT2D eigenvalue weighted by Gasteiger charge is 2.11. The summed E-state index contributed by atoms with van der Waals surface area (Å²) in [5.74, 6) is 2.41. The lowest BCUT2D eigenvalue weighted by molar-refractivity contribution is 0.257. The highest BCUT2D eigenvalue weighted by molar-refractivity contribution is 7.99. The van der Waals surface area contributed by atoms with E-state index in [1.807, 2.05) is 36.4 Å². The van der Waals surface area contributed by atoms with E-state index in [9.17, 15) is 4.79 Å². The van der Waals surface area contributed by atoms with Gasteiger partial charge in [-0.1, -0.05) is 37.6 Å². The van der Waals surface area contributed by atoms with Crippen molar-refractivity contribution < 1.29 is 9.47 Å². The molecular formula is C23H25ClN2O3S. The van der Waals surface area contributed by atoms with E-state index in [2.05, 4.69) is 18.8 Å². The standard InChI is InChI=1S/C23H25ClN2O3S/c1-16(2)15-29-20-9-8-19(14-21(20)28-3)26-12-11-25-22(23(26)27)30-13-10-17-4-6-18(24)7-5-17/h4-9,11-12,14,16H,10,13,15H2,1-3H3. The third-order valence-corrected chi connectivity index (χ3v) is 5.56. The largest absolute Gasteiger partial charge is 0.493 e. The van der Waals surface area contributed by atoms with Gasteiger partial charge in [-0.25, -0.2) is 4.98 Å². The summed E-state index contributed by atoms with van der Waals surface area (Å²) in [5, 5.41) is 1.18. The number of methoxy groups -OCH3 is 1. The molecule has 30 heavy (non-hydrogen) atoms. The summed E-state index contributed by atoms with van der Waals surface area (Å²) in [6.07, 6.45) is 4.13. The molecule has 0 aliphatic rings. The summed E-state index contributed by atoms with van der Waals surface area (Å²) < 4.78 is 12.8. The first-order valence-corrected chi connectivity index (χ1v) is 11.1. The molecule has 5 nitrogen and oxygen atoms in total. The Kier molecular flexibility index (Phi) is 7.82. The summed E-state index contributed by atoms with van der Waals surface area (Å²) in [6, 6.07) is 13.2. The third kappa shape index (κ3) is 5.80. The Bertz CT molecular complexity index is 1040. The summed E-state index contributed by atoms with van der Waals surface area (Å²) in [5.41, 5.74) is 1.72. The van der Waals surface area contributed by atoms with Crippen LogP contribution in [-0.2, 0) is 6.42 Å². The molecule has 0 fully saturated rings. The fourth-order valence-corrected chi connectivity index (χ4v) is 3.81. The molecule has 1 heterocycles. The van der Waals surface area contributed by atoms with Crippen LogP contribution in [0.1, 0.15) is 19.4 Å².